The maximum atomic E-state index is 11.8. The number of carbonyl (C=O) groups is 3. The van der Waals surface area contributed by atoms with Crippen molar-refractivity contribution in [2.75, 3.05) is 39.4 Å². The molecule has 4 aromatic carbocycles. The average Bonchev–Trinajstić information content (AvgIpc) is 3.09. The van der Waals surface area contributed by atoms with Crippen molar-refractivity contribution in [3.63, 3.8) is 0 Å². The van der Waals surface area contributed by atoms with E-state index in [2.05, 4.69) is 28.4 Å². The maximum Gasteiger partial charge on any atom is 0.309 e. The highest BCUT2D eigenvalue weighted by Crippen LogP contribution is 2.24. The maximum absolute atomic E-state index is 11.8. The quantitative estimate of drug-likeness (QED) is 0.135. The number of likely N-dealkylation sites (tertiary alicyclic amines) is 1. The number of aromatic hydroxyl groups is 2. The number of nitrogens with one attached hydrogen (secondary N) is 1. The summed E-state index contributed by atoms with van der Waals surface area (Å²) in [5.41, 5.74) is 1.91. The van der Waals surface area contributed by atoms with Gasteiger partial charge >= 0.3 is 11.9 Å². The molecule has 2 saturated heterocycles. The minimum absolute atomic E-state index is 0. The van der Waals surface area contributed by atoms with E-state index in [4.69, 9.17) is 9.47 Å². The first kappa shape index (κ1) is 40.7. The van der Waals surface area contributed by atoms with E-state index in [1.165, 1.54) is 5.56 Å². The third kappa shape index (κ3) is 12.5. The Morgan fingerprint density at radius 3 is 1.71 bits per heavy atom. The summed E-state index contributed by atoms with van der Waals surface area (Å²) < 4.78 is 10.0. The van der Waals surface area contributed by atoms with Gasteiger partial charge in [0.1, 0.15) is 17.8 Å². The lowest BCUT2D eigenvalue weighted by Crippen LogP contribution is -2.36. The first-order chi connectivity index (χ1) is 22.8. The normalized spacial score (nSPS) is 14.9. The number of aldehydes is 1. The monoisotopic (exact) mass is 674 g/mol. The second-order valence-corrected chi connectivity index (χ2v) is 11.9. The lowest BCUT2D eigenvalue weighted by atomic mass is 9.96. The van der Waals surface area contributed by atoms with E-state index in [0.29, 0.717) is 24.5 Å². The van der Waals surface area contributed by atoms with Gasteiger partial charge in [-0.25, -0.2) is 0 Å². The van der Waals surface area contributed by atoms with Crippen molar-refractivity contribution in [3.8, 4) is 11.5 Å². The zero-order chi connectivity index (χ0) is 33.6. The molecule has 0 unspecified atom stereocenters. The minimum Gasteiger partial charge on any atom is -0.508 e. The molecule has 4 aromatic rings. The number of piperidine rings is 2. The van der Waals surface area contributed by atoms with E-state index in [1.54, 1.807) is 42.5 Å². The van der Waals surface area contributed by atoms with Crippen LogP contribution in [0, 0.1) is 11.8 Å². The number of phenolic OH excluding ortho intramolecular Hbond substituents is 2. The molecule has 2 fully saturated rings. The molecule has 0 radical (unpaired) electrons. The largest absolute Gasteiger partial charge is 0.508 e. The van der Waals surface area contributed by atoms with E-state index in [9.17, 15) is 24.6 Å². The molecular formula is C40H54N2O7. The van der Waals surface area contributed by atoms with Crippen LogP contribution in [0.4, 0.5) is 0 Å². The Hall–Kier alpha value is -4.47. The van der Waals surface area contributed by atoms with Crippen LogP contribution in [0.5, 0.6) is 11.5 Å². The minimum atomic E-state index is -0.0438. The topological polar surface area (TPSA) is 125 Å². The van der Waals surface area contributed by atoms with Crippen molar-refractivity contribution >= 4 is 39.8 Å². The average molecular weight is 675 g/mol. The Morgan fingerprint density at radius 1 is 0.714 bits per heavy atom. The van der Waals surface area contributed by atoms with Crippen molar-refractivity contribution in [3.05, 3.63) is 83.9 Å². The standard InChI is InChI=1S/C19H23NO3.C11H8O2.C8H15NO2.2CH4/c1-2-23-19(22)15-7-9-20(10-8-15)13-14-3-4-17-12-18(21)6-5-16(17)11-14;12-7-8-1-2-10-6-11(13)4-3-9(10)5-8;1-2-11-8(10)7-3-5-9-6-4-7;;/h3-6,11-12,15,21H,2,7-10,13H2,1H3;1-7,13H;7,9H,2-6H2,1H3;2*1H4. The number of nitrogens with zero attached hydrogens (tertiary/aromatic N) is 1. The second-order valence-electron chi connectivity index (χ2n) is 11.9. The number of hydrogen-bond donors (Lipinski definition) is 3. The third-order valence-corrected chi connectivity index (χ3v) is 8.44. The number of rotatable bonds is 7. The molecule has 3 N–H and O–H groups in total. The molecular weight excluding hydrogens is 620 g/mol. The van der Waals surface area contributed by atoms with Crippen LogP contribution in [-0.2, 0) is 25.6 Å². The zero-order valence-corrected chi connectivity index (χ0v) is 27.3. The summed E-state index contributed by atoms with van der Waals surface area (Å²) in [5, 5.41) is 26.0. The fraction of sp³-hybridized carbons (Fsp3) is 0.425. The summed E-state index contributed by atoms with van der Waals surface area (Å²) in [6, 6.07) is 22.2. The van der Waals surface area contributed by atoms with Crippen LogP contribution in [-0.4, -0.2) is 72.7 Å². The number of benzene rings is 4. The predicted molar refractivity (Wildman–Crippen MR) is 197 cm³/mol. The lowest BCUT2D eigenvalue weighted by Gasteiger charge is -2.30. The highest BCUT2D eigenvalue weighted by molar-refractivity contribution is 5.89. The van der Waals surface area contributed by atoms with E-state index >= 15 is 0 Å². The SMILES string of the molecule is C.C.CCOC(=O)C1CCN(Cc2ccc3cc(O)ccc3c2)CC1.CCOC(=O)C1CCNCC1.O=Cc1ccc2cc(O)ccc2c1. The Labute approximate surface area is 291 Å². The summed E-state index contributed by atoms with van der Waals surface area (Å²) in [6.45, 7) is 9.31. The van der Waals surface area contributed by atoms with Crippen molar-refractivity contribution in [2.45, 2.75) is 60.9 Å². The van der Waals surface area contributed by atoms with E-state index < -0.39 is 0 Å². The molecule has 9 nitrogen and oxygen atoms in total. The molecule has 2 aliphatic rings. The smallest absolute Gasteiger partial charge is 0.309 e. The number of phenols is 2. The van der Waals surface area contributed by atoms with Crippen molar-refractivity contribution in [1.82, 2.24) is 10.2 Å². The fourth-order valence-electron chi connectivity index (χ4n) is 5.87. The number of carbonyl (C=O) groups excluding carboxylic acids is 3. The van der Waals surface area contributed by atoms with Crippen LogP contribution in [0.2, 0.25) is 0 Å². The van der Waals surface area contributed by atoms with Crippen LogP contribution in [0.3, 0.4) is 0 Å². The third-order valence-electron chi connectivity index (χ3n) is 8.44. The number of hydrogen-bond acceptors (Lipinski definition) is 9. The fourth-order valence-corrected chi connectivity index (χ4v) is 5.87. The van der Waals surface area contributed by atoms with Gasteiger partial charge in [0.15, 0.2) is 0 Å². The van der Waals surface area contributed by atoms with Gasteiger partial charge in [-0.05, 0) is 129 Å². The first-order valence-corrected chi connectivity index (χ1v) is 16.5. The van der Waals surface area contributed by atoms with Crippen LogP contribution >= 0.6 is 0 Å². The number of ether oxygens (including phenoxy) is 2. The van der Waals surface area contributed by atoms with Crippen LogP contribution in [0.1, 0.15) is 70.3 Å². The molecule has 49 heavy (non-hydrogen) atoms. The summed E-state index contributed by atoms with van der Waals surface area (Å²) in [5.74, 6) is 0.686. The van der Waals surface area contributed by atoms with Gasteiger partial charge in [-0.15, -0.1) is 0 Å². The molecule has 266 valence electrons. The van der Waals surface area contributed by atoms with Gasteiger partial charge in [-0.2, -0.15) is 0 Å². The Kier molecular flexibility index (Phi) is 17.3. The van der Waals surface area contributed by atoms with E-state index in [0.717, 1.165) is 86.2 Å². The molecule has 0 aromatic heterocycles. The highest BCUT2D eigenvalue weighted by atomic mass is 16.5. The molecule has 0 spiro atoms. The van der Waals surface area contributed by atoms with Gasteiger partial charge < -0.3 is 25.0 Å². The molecule has 0 amide bonds. The second kappa shape index (κ2) is 20.8. The van der Waals surface area contributed by atoms with Crippen molar-refractivity contribution < 1.29 is 34.1 Å². The first-order valence-electron chi connectivity index (χ1n) is 16.5. The number of fused-ring (bicyclic) bond motifs is 2. The Balaban J connectivity index is 0.000000273. The summed E-state index contributed by atoms with van der Waals surface area (Å²) in [6.07, 6.45) is 4.42. The van der Waals surface area contributed by atoms with Gasteiger partial charge in [0.25, 0.3) is 0 Å². The molecule has 0 aliphatic carbocycles. The molecule has 2 aliphatic heterocycles. The van der Waals surface area contributed by atoms with Gasteiger partial charge in [-0.1, -0.05) is 51.3 Å². The van der Waals surface area contributed by atoms with Crippen molar-refractivity contribution in [2.24, 2.45) is 11.8 Å². The van der Waals surface area contributed by atoms with Gasteiger partial charge in [0.2, 0.25) is 0 Å². The van der Waals surface area contributed by atoms with Gasteiger partial charge in [0, 0.05) is 12.1 Å². The predicted octanol–water partition coefficient (Wildman–Crippen LogP) is 7.50. The zero-order valence-electron chi connectivity index (χ0n) is 27.3. The van der Waals surface area contributed by atoms with Crippen LogP contribution < -0.4 is 5.32 Å². The van der Waals surface area contributed by atoms with Crippen LogP contribution in [0.15, 0.2) is 72.8 Å². The molecule has 0 bridgehead atoms. The van der Waals surface area contributed by atoms with Gasteiger partial charge in [0.05, 0.1) is 25.0 Å². The molecule has 0 saturated carbocycles. The summed E-state index contributed by atoms with van der Waals surface area (Å²) in [4.78, 5) is 35.8. The van der Waals surface area contributed by atoms with Crippen LogP contribution in [0.25, 0.3) is 21.5 Å². The Morgan fingerprint density at radius 2 is 1.18 bits per heavy atom. The highest BCUT2D eigenvalue weighted by Gasteiger charge is 2.26. The Bertz CT molecular complexity index is 1630. The summed E-state index contributed by atoms with van der Waals surface area (Å²) in [7, 11) is 0. The molecule has 6 rings (SSSR count). The van der Waals surface area contributed by atoms with Crippen molar-refractivity contribution in [1.29, 1.82) is 0 Å². The molecule has 0 atom stereocenters. The van der Waals surface area contributed by atoms with E-state index in [1.807, 2.05) is 26.0 Å². The summed E-state index contributed by atoms with van der Waals surface area (Å²) >= 11 is 0. The number of esters is 2. The van der Waals surface area contributed by atoms with E-state index in [-0.39, 0.29) is 44.4 Å². The van der Waals surface area contributed by atoms with Gasteiger partial charge in [-0.3, -0.25) is 19.3 Å². The lowest BCUT2D eigenvalue weighted by molar-refractivity contribution is -0.150. The molecule has 2 heterocycles. The molecule has 9 heteroatoms.